The minimum Gasteiger partial charge on any atom is -0.478 e. The second kappa shape index (κ2) is 9.56. The van der Waals surface area contributed by atoms with E-state index in [0.717, 1.165) is 17.5 Å². The molecule has 0 fully saturated rings. The Bertz CT molecular complexity index is 452. The predicted octanol–water partition coefficient (Wildman–Crippen LogP) is 4.40. The number of aryl methyl sites for hydroxylation is 1. The molecular weight excluding hydrogens is 264 g/mol. The summed E-state index contributed by atoms with van der Waals surface area (Å²) >= 11 is 0. The molecule has 1 rings (SSSR count). The average molecular weight is 292 g/mol. The lowest BCUT2D eigenvalue weighted by atomic mass is 9.92. The third-order valence-electron chi connectivity index (χ3n) is 4.05. The number of hydrogen-bond acceptors (Lipinski definition) is 2. The first-order valence-corrected chi connectivity index (χ1v) is 7.95. The minimum atomic E-state index is -0.848. The fourth-order valence-electron chi connectivity index (χ4n) is 2.72. The fourth-order valence-corrected chi connectivity index (χ4v) is 2.72. The van der Waals surface area contributed by atoms with Gasteiger partial charge in [-0.05, 0) is 48.9 Å². The molecule has 0 saturated heterocycles. The van der Waals surface area contributed by atoms with Crippen LogP contribution < -0.4 is 0 Å². The van der Waals surface area contributed by atoms with Gasteiger partial charge in [0.05, 0.1) is 12.2 Å². The normalized spacial score (nSPS) is 10.8. The van der Waals surface area contributed by atoms with Gasteiger partial charge in [-0.1, -0.05) is 38.7 Å². The molecule has 1 aromatic carbocycles. The largest absolute Gasteiger partial charge is 0.478 e. The number of benzene rings is 1. The lowest BCUT2D eigenvalue weighted by Gasteiger charge is -2.14. The standard InChI is InChI=1S/C18H28O3/c1-4-5-6-7-8-9-15-10-11-17(18(19)20)16(14(15)2)12-13-21-3/h10-11H,4-9,12-13H2,1-3H3,(H,19,20). The van der Waals surface area contributed by atoms with E-state index in [2.05, 4.69) is 6.92 Å². The Balaban J connectivity index is 2.79. The van der Waals surface area contributed by atoms with E-state index in [1.54, 1.807) is 13.2 Å². The van der Waals surface area contributed by atoms with Crippen molar-refractivity contribution in [2.45, 2.75) is 58.8 Å². The molecule has 0 aliphatic heterocycles. The van der Waals surface area contributed by atoms with Crippen molar-refractivity contribution in [2.24, 2.45) is 0 Å². The Labute approximate surface area is 128 Å². The number of unbranched alkanes of at least 4 members (excludes halogenated alkanes) is 4. The lowest BCUT2D eigenvalue weighted by Crippen LogP contribution is -2.09. The number of carboxylic acid groups (broad SMARTS) is 1. The summed E-state index contributed by atoms with van der Waals surface area (Å²) in [4.78, 5) is 11.3. The zero-order valence-corrected chi connectivity index (χ0v) is 13.6. The van der Waals surface area contributed by atoms with E-state index in [-0.39, 0.29) is 0 Å². The number of rotatable bonds is 10. The van der Waals surface area contributed by atoms with Gasteiger partial charge in [-0.15, -0.1) is 0 Å². The monoisotopic (exact) mass is 292 g/mol. The van der Waals surface area contributed by atoms with E-state index in [1.807, 2.05) is 13.0 Å². The number of methoxy groups -OCH3 is 1. The zero-order chi connectivity index (χ0) is 15.7. The Hall–Kier alpha value is -1.35. The number of carbonyl (C=O) groups is 1. The second-order valence-electron chi connectivity index (χ2n) is 5.59. The molecular formula is C18H28O3. The maximum Gasteiger partial charge on any atom is 0.335 e. The molecule has 21 heavy (non-hydrogen) atoms. The van der Waals surface area contributed by atoms with E-state index in [4.69, 9.17) is 4.74 Å². The Morgan fingerprint density at radius 3 is 2.48 bits per heavy atom. The minimum absolute atomic E-state index is 0.416. The van der Waals surface area contributed by atoms with E-state index in [9.17, 15) is 9.90 Å². The third-order valence-corrected chi connectivity index (χ3v) is 4.05. The maximum absolute atomic E-state index is 11.3. The fraction of sp³-hybridized carbons (Fsp3) is 0.611. The van der Waals surface area contributed by atoms with Crippen LogP contribution in [0.2, 0.25) is 0 Å². The lowest BCUT2D eigenvalue weighted by molar-refractivity contribution is 0.0695. The van der Waals surface area contributed by atoms with Gasteiger partial charge in [0.1, 0.15) is 0 Å². The Morgan fingerprint density at radius 1 is 1.14 bits per heavy atom. The highest BCUT2D eigenvalue weighted by molar-refractivity contribution is 5.90. The van der Waals surface area contributed by atoms with Crippen LogP contribution in [0.15, 0.2) is 12.1 Å². The molecule has 0 bridgehead atoms. The van der Waals surface area contributed by atoms with E-state index in [0.29, 0.717) is 18.6 Å². The van der Waals surface area contributed by atoms with Crippen molar-refractivity contribution >= 4 is 5.97 Å². The summed E-state index contributed by atoms with van der Waals surface area (Å²) in [6, 6.07) is 3.73. The van der Waals surface area contributed by atoms with Gasteiger partial charge in [-0.3, -0.25) is 0 Å². The first kappa shape index (κ1) is 17.7. The molecule has 0 heterocycles. The summed E-state index contributed by atoms with van der Waals surface area (Å²) in [7, 11) is 1.65. The van der Waals surface area contributed by atoms with Crippen LogP contribution in [0.4, 0.5) is 0 Å². The van der Waals surface area contributed by atoms with Crippen LogP contribution in [0.25, 0.3) is 0 Å². The van der Waals surface area contributed by atoms with Crippen LogP contribution in [0.3, 0.4) is 0 Å². The highest BCUT2D eigenvalue weighted by Crippen LogP contribution is 2.22. The molecule has 0 radical (unpaired) electrons. The summed E-state index contributed by atoms with van der Waals surface area (Å²) in [5.41, 5.74) is 3.75. The third kappa shape index (κ3) is 5.50. The Kier molecular flexibility index (Phi) is 8.06. The number of carboxylic acids is 1. The zero-order valence-electron chi connectivity index (χ0n) is 13.6. The molecule has 0 amide bonds. The first-order valence-electron chi connectivity index (χ1n) is 7.95. The number of hydrogen-bond donors (Lipinski definition) is 1. The van der Waals surface area contributed by atoms with Gasteiger partial charge in [-0.2, -0.15) is 0 Å². The molecule has 0 unspecified atom stereocenters. The predicted molar refractivity (Wildman–Crippen MR) is 86.2 cm³/mol. The SMILES string of the molecule is CCCCCCCc1ccc(C(=O)O)c(CCOC)c1C. The second-order valence-corrected chi connectivity index (χ2v) is 5.59. The van der Waals surface area contributed by atoms with Crippen molar-refractivity contribution < 1.29 is 14.6 Å². The molecule has 1 N–H and O–H groups in total. The Morgan fingerprint density at radius 2 is 1.86 bits per heavy atom. The van der Waals surface area contributed by atoms with Crippen molar-refractivity contribution in [1.29, 1.82) is 0 Å². The molecule has 0 spiro atoms. The summed E-state index contributed by atoms with van der Waals surface area (Å²) in [5, 5.41) is 9.31. The summed E-state index contributed by atoms with van der Waals surface area (Å²) in [6.45, 7) is 4.82. The van der Waals surface area contributed by atoms with Crippen LogP contribution in [-0.4, -0.2) is 24.8 Å². The molecule has 118 valence electrons. The summed E-state index contributed by atoms with van der Waals surface area (Å²) < 4.78 is 5.11. The van der Waals surface area contributed by atoms with Crippen molar-refractivity contribution in [2.75, 3.05) is 13.7 Å². The molecule has 0 aliphatic rings. The van der Waals surface area contributed by atoms with Gasteiger partial charge in [0.25, 0.3) is 0 Å². The first-order chi connectivity index (χ1) is 10.1. The molecule has 0 atom stereocenters. The smallest absolute Gasteiger partial charge is 0.335 e. The quantitative estimate of drug-likeness (QED) is 0.650. The van der Waals surface area contributed by atoms with Crippen LogP contribution >= 0.6 is 0 Å². The molecule has 0 aliphatic carbocycles. The van der Waals surface area contributed by atoms with Crippen molar-refractivity contribution in [3.63, 3.8) is 0 Å². The number of ether oxygens (including phenoxy) is 1. The molecule has 0 aromatic heterocycles. The maximum atomic E-state index is 11.3. The van der Waals surface area contributed by atoms with Crippen LogP contribution in [0.5, 0.6) is 0 Å². The van der Waals surface area contributed by atoms with Crippen molar-refractivity contribution in [3.8, 4) is 0 Å². The summed E-state index contributed by atoms with van der Waals surface area (Å²) in [5.74, 6) is -0.848. The highest BCUT2D eigenvalue weighted by atomic mass is 16.5. The molecule has 1 aromatic rings. The van der Waals surface area contributed by atoms with Crippen LogP contribution in [-0.2, 0) is 17.6 Å². The molecule has 3 heteroatoms. The van der Waals surface area contributed by atoms with E-state index >= 15 is 0 Å². The van der Waals surface area contributed by atoms with E-state index < -0.39 is 5.97 Å². The van der Waals surface area contributed by atoms with Crippen LogP contribution in [0.1, 0.15) is 66.1 Å². The topological polar surface area (TPSA) is 46.5 Å². The number of aromatic carboxylic acids is 1. The van der Waals surface area contributed by atoms with Gasteiger partial charge in [-0.25, -0.2) is 4.79 Å². The highest BCUT2D eigenvalue weighted by Gasteiger charge is 2.14. The van der Waals surface area contributed by atoms with Gasteiger partial charge < -0.3 is 9.84 Å². The molecule has 0 saturated carbocycles. The average Bonchev–Trinajstić information content (AvgIpc) is 2.46. The van der Waals surface area contributed by atoms with E-state index in [1.165, 1.54) is 37.7 Å². The van der Waals surface area contributed by atoms with Gasteiger partial charge in [0.2, 0.25) is 0 Å². The summed E-state index contributed by atoms with van der Waals surface area (Å²) in [6.07, 6.45) is 7.98. The van der Waals surface area contributed by atoms with Crippen molar-refractivity contribution in [3.05, 3.63) is 34.4 Å². The van der Waals surface area contributed by atoms with Gasteiger partial charge in [0.15, 0.2) is 0 Å². The van der Waals surface area contributed by atoms with Gasteiger partial charge >= 0.3 is 5.97 Å². The van der Waals surface area contributed by atoms with Crippen molar-refractivity contribution in [1.82, 2.24) is 0 Å². The molecule has 3 nitrogen and oxygen atoms in total. The van der Waals surface area contributed by atoms with Gasteiger partial charge in [0, 0.05) is 7.11 Å². The van der Waals surface area contributed by atoms with Crippen LogP contribution in [0, 0.1) is 6.92 Å².